The minimum atomic E-state index is -0.593. The van der Waals surface area contributed by atoms with Gasteiger partial charge in [0.15, 0.2) is 6.61 Å². The Morgan fingerprint density at radius 2 is 2.09 bits per heavy atom. The zero-order valence-electron chi connectivity index (χ0n) is 12.6. The fourth-order valence-corrected chi connectivity index (χ4v) is 3.66. The first-order valence-corrected chi connectivity index (χ1v) is 8.10. The van der Waals surface area contributed by atoms with Crippen molar-refractivity contribution in [2.75, 3.05) is 32.9 Å². The van der Waals surface area contributed by atoms with Gasteiger partial charge in [-0.1, -0.05) is 6.07 Å². The normalized spacial score (nSPS) is 15.0. The maximum Gasteiger partial charge on any atom is 0.349 e. The molecule has 0 radical (unpaired) electrons. The Morgan fingerprint density at radius 3 is 2.78 bits per heavy atom. The number of esters is 1. The number of morpholine rings is 1. The highest BCUT2D eigenvalue weighted by atomic mass is 32.1. The third-order valence-corrected chi connectivity index (χ3v) is 5.02. The molecule has 0 aliphatic carbocycles. The van der Waals surface area contributed by atoms with Crippen LogP contribution in [-0.4, -0.2) is 49.7 Å². The predicted molar refractivity (Wildman–Crippen MR) is 84.2 cm³/mol. The topological polar surface area (TPSA) is 55.8 Å². The van der Waals surface area contributed by atoms with E-state index in [0.29, 0.717) is 46.8 Å². The van der Waals surface area contributed by atoms with Crippen LogP contribution in [0.15, 0.2) is 18.2 Å². The van der Waals surface area contributed by atoms with Crippen molar-refractivity contribution in [3.63, 3.8) is 0 Å². The van der Waals surface area contributed by atoms with Crippen LogP contribution in [0.1, 0.15) is 15.2 Å². The number of aryl methyl sites for hydroxylation is 1. The minimum Gasteiger partial charge on any atom is -0.451 e. The van der Waals surface area contributed by atoms with Crippen molar-refractivity contribution in [3.8, 4) is 0 Å². The van der Waals surface area contributed by atoms with E-state index in [2.05, 4.69) is 0 Å². The van der Waals surface area contributed by atoms with Gasteiger partial charge >= 0.3 is 5.97 Å². The molecule has 2 heterocycles. The highest BCUT2D eigenvalue weighted by Gasteiger charge is 2.22. The first-order chi connectivity index (χ1) is 11.1. The Bertz CT molecular complexity index is 752. The van der Waals surface area contributed by atoms with Crippen LogP contribution >= 0.6 is 11.3 Å². The van der Waals surface area contributed by atoms with Gasteiger partial charge in [0.2, 0.25) is 0 Å². The van der Waals surface area contributed by atoms with Gasteiger partial charge in [-0.05, 0) is 24.6 Å². The number of hydrogen-bond donors (Lipinski definition) is 0. The predicted octanol–water partition coefficient (Wildman–Crippen LogP) is 2.36. The zero-order chi connectivity index (χ0) is 16.4. The summed E-state index contributed by atoms with van der Waals surface area (Å²) in [5.74, 6) is -1.20. The van der Waals surface area contributed by atoms with Gasteiger partial charge < -0.3 is 14.4 Å². The van der Waals surface area contributed by atoms with E-state index < -0.39 is 5.97 Å². The highest BCUT2D eigenvalue weighted by molar-refractivity contribution is 7.21. The second kappa shape index (κ2) is 6.64. The van der Waals surface area contributed by atoms with Gasteiger partial charge in [0.25, 0.3) is 5.91 Å². The Hall–Kier alpha value is -1.99. The smallest absolute Gasteiger partial charge is 0.349 e. The van der Waals surface area contributed by atoms with Gasteiger partial charge in [-0.25, -0.2) is 9.18 Å². The third-order valence-electron chi connectivity index (χ3n) is 3.78. The largest absolute Gasteiger partial charge is 0.451 e. The van der Waals surface area contributed by atoms with E-state index in [1.165, 1.54) is 17.4 Å². The molecule has 7 heteroatoms. The van der Waals surface area contributed by atoms with Crippen LogP contribution in [0.2, 0.25) is 0 Å². The van der Waals surface area contributed by atoms with E-state index in [4.69, 9.17) is 9.47 Å². The summed E-state index contributed by atoms with van der Waals surface area (Å²) in [5.41, 5.74) is 0.548. The number of carbonyl (C=O) groups excluding carboxylic acids is 2. The Morgan fingerprint density at radius 1 is 1.35 bits per heavy atom. The van der Waals surface area contributed by atoms with Crippen molar-refractivity contribution < 1.29 is 23.5 Å². The van der Waals surface area contributed by atoms with E-state index in [1.807, 2.05) is 0 Å². The molecule has 1 aliphatic rings. The number of nitrogens with zero attached hydrogens (tertiary/aromatic N) is 1. The number of halogens is 1. The number of amides is 1. The van der Waals surface area contributed by atoms with Gasteiger partial charge in [0, 0.05) is 23.2 Å². The van der Waals surface area contributed by atoms with Gasteiger partial charge in [-0.2, -0.15) is 0 Å². The molecule has 1 amide bonds. The second-order valence-corrected chi connectivity index (χ2v) is 6.29. The van der Waals surface area contributed by atoms with Crippen molar-refractivity contribution in [2.45, 2.75) is 6.92 Å². The van der Waals surface area contributed by atoms with Crippen LogP contribution in [0, 0.1) is 12.7 Å². The maximum atomic E-state index is 13.9. The SMILES string of the molecule is Cc1c(C(=O)OCC(=O)N2CCOCC2)sc2cccc(F)c12. The van der Waals surface area contributed by atoms with Crippen LogP contribution in [0.25, 0.3) is 10.1 Å². The lowest BCUT2D eigenvalue weighted by Gasteiger charge is -2.26. The third kappa shape index (κ3) is 3.20. The molecule has 0 saturated carbocycles. The van der Waals surface area contributed by atoms with Crippen LogP contribution in [0.3, 0.4) is 0 Å². The molecule has 0 bridgehead atoms. The average molecular weight is 337 g/mol. The lowest BCUT2D eigenvalue weighted by molar-refractivity contribution is -0.138. The molecule has 1 aromatic heterocycles. The van der Waals surface area contributed by atoms with Crippen LogP contribution in [0.4, 0.5) is 4.39 Å². The summed E-state index contributed by atoms with van der Waals surface area (Å²) < 4.78 is 24.8. The van der Waals surface area contributed by atoms with Crippen LogP contribution in [-0.2, 0) is 14.3 Å². The fraction of sp³-hybridized carbons (Fsp3) is 0.375. The fourth-order valence-electron chi connectivity index (χ4n) is 2.54. The summed E-state index contributed by atoms with van der Waals surface area (Å²) in [6.07, 6.45) is 0. The van der Waals surface area contributed by atoms with E-state index in [1.54, 1.807) is 24.0 Å². The molecular formula is C16H16FNO4S. The van der Waals surface area contributed by atoms with Crippen molar-refractivity contribution >= 4 is 33.3 Å². The van der Waals surface area contributed by atoms with E-state index in [9.17, 15) is 14.0 Å². The molecule has 1 fully saturated rings. The summed E-state index contributed by atoms with van der Waals surface area (Å²) in [6, 6.07) is 4.72. The van der Waals surface area contributed by atoms with Gasteiger partial charge in [0.1, 0.15) is 10.7 Å². The van der Waals surface area contributed by atoms with Crippen LogP contribution in [0.5, 0.6) is 0 Å². The molecule has 2 aromatic rings. The van der Waals surface area contributed by atoms with Gasteiger partial charge in [0.05, 0.1) is 13.2 Å². The van der Waals surface area contributed by atoms with Crippen molar-refractivity contribution in [3.05, 3.63) is 34.5 Å². The molecule has 0 spiro atoms. The summed E-state index contributed by atoms with van der Waals surface area (Å²) in [5, 5.41) is 0.434. The summed E-state index contributed by atoms with van der Waals surface area (Å²) in [7, 11) is 0. The lowest BCUT2D eigenvalue weighted by atomic mass is 10.1. The number of rotatable bonds is 3. The molecule has 122 valence electrons. The average Bonchev–Trinajstić information content (AvgIpc) is 2.91. The standard InChI is InChI=1S/C16H16FNO4S/c1-10-14-11(17)3-2-4-12(14)23-15(10)16(20)22-9-13(19)18-5-7-21-8-6-18/h2-4H,5-9H2,1H3. The first-order valence-electron chi connectivity index (χ1n) is 7.28. The van der Waals surface area contributed by atoms with E-state index in [-0.39, 0.29) is 18.3 Å². The van der Waals surface area contributed by atoms with Crippen LogP contribution < -0.4 is 0 Å². The van der Waals surface area contributed by atoms with E-state index in [0.717, 1.165) is 0 Å². The summed E-state index contributed by atoms with van der Waals surface area (Å²) >= 11 is 1.17. The minimum absolute atomic E-state index is 0.244. The van der Waals surface area contributed by atoms with Gasteiger partial charge in [-0.3, -0.25) is 4.79 Å². The maximum absolute atomic E-state index is 13.9. The number of ether oxygens (including phenoxy) is 2. The molecule has 3 rings (SSSR count). The number of thiophene rings is 1. The second-order valence-electron chi connectivity index (χ2n) is 5.24. The molecule has 0 unspecified atom stereocenters. The number of benzene rings is 1. The quantitative estimate of drug-likeness (QED) is 0.807. The van der Waals surface area contributed by atoms with Crippen molar-refractivity contribution in [2.24, 2.45) is 0 Å². The lowest BCUT2D eigenvalue weighted by Crippen LogP contribution is -2.42. The molecule has 5 nitrogen and oxygen atoms in total. The zero-order valence-corrected chi connectivity index (χ0v) is 13.5. The highest BCUT2D eigenvalue weighted by Crippen LogP contribution is 2.32. The molecule has 1 aromatic carbocycles. The molecule has 0 atom stereocenters. The molecule has 23 heavy (non-hydrogen) atoms. The monoisotopic (exact) mass is 337 g/mol. The Balaban J connectivity index is 1.70. The summed E-state index contributed by atoms with van der Waals surface area (Å²) in [4.78, 5) is 26.1. The van der Waals surface area contributed by atoms with E-state index >= 15 is 0 Å². The first kappa shape index (κ1) is 15.9. The molecule has 1 aliphatic heterocycles. The molecular weight excluding hydrogens is 321 g/mol. The molecule has 0 N–H and O–H groups in total. The van der Waals surface area contributed by atoms with Crippen molar-refractivity contribution in [1.82, 2.24) is 4.90 Å². The Labute approximate surface area is 136 Å². The number of carbonyl (C=O) groups is 2. The summed E-state index contributed by atoms with van der Waals surface area (Å²) in [6.45, 7) is 3.37. The van der Waals surface area contributed by atoms with Gasteiger partial charge in [-0.15, -0.1) is 11.3 Å². The molecule has 1 saturated heterocycles. The number of hydrogen-bond acceptors (Lipinski definition) is 5. The Kier molecular flexibility index (Phi) is 4.58. The number of fused-ring (bicyclic) bond motifs is 1. The van der Waals surface area contributed by atoms with Crippen molar-refractivity contribution in [1.29, 1.82) is 0 Å².